The zero-order chi connectivity index (χ0) is 36.6. The van der Waals surface area contributed by atoms with E-state index in [1.165, 1.54) is 21.5 Å². The predicted octanol–water partition coefficient (Wildman–Crippen LogP) is 7.91. The van der Waals surface area contributed by atoms with Crippen LogP contribution < -0.4 is 0 Å². The van der Waals surface area contributed by atoms with E-state index in [-0.39, 0.29) is 18.1 Å². The maximum absolute atomic E-state index is 14.3. The van der Waals surface area contributed by atoms with Crippen molar-refractivity contribution < 1.29 is 18.6 Å². The van der Waals surface area contributed by atoms with Crippen molar-refractivity contribution in [3.05, 3.63) is 168 Å². The van der Waals surface area contributed by atoms with Crippen LogP contribution in [0.2, 0.25) is 0 Å². The molecule has 0 aliphatic heterocycles. The molecule has 2 aromatic heterocycles. The fourth-order valence-electron chi connectivity index (χ4n) is 6.09. The minimum atomic E-state index is -0.408. The number of para-hydroxylation sites is 2. The van der Waals surface area contributed by atoms with Gasteiger partial charge in [-0.15, -0.1) is 10.2 Å². The molecule has 6 aromatic carbocycles. The first-order valence-corrected chi connectivity index (χ1v) is 16.6. The molecule has 0 bridgehead atoms. The third-order valence-electron chi connectivity index (χ3n) is 8.52. The lowest BCUT2D eigenvalue weighted by Crippen LogP contribution is -2.03. The van der Waals surface area contributed by atoms with E-state index in [2.05, 4.69) is 31.1 Å². The molecule has 0 amide bonds. The molecule has 0 atom stereocenters. The van der Waals surface area contributed by atoms with Crippen molar-refractivity contribution in [2.45, 2.75) is 13.2 Å². The predicted molar refractivity (Wildman–Crippen MR) is 197 cm³/mol. The Kier molecular flexibility index (Phi) is 10.5. The molecule has 0 spiro atoms. The summed E-state index contributed by atoms with van der Waals surface area (Å²) in [6.07, 6.45) is 0. The Morgan fingerprint density at radius 3 is 1.32 bits per heavy atom. The SMILES string of the molecule is COCc1ccccc1-c1ccccc1-c1nnnn1-c1ccccc1F.OCc1ccccc1-c1ccccc1-c1nnnn1-c1ccccc1F. The lowest BCUT2D eigenvalue weighted by atomic mass is 9.95. The highest BCUT2D eigenvalue weighted by atomic mass is 19.1. The number of methoxy groups -OCH3 is 1. The van der Waals surface area contributed by atoms with Gasteiger partial charge in [-0.25, -0.2) is 8.78 Å². The third kappa shape index (κ3) is 7.22. The molecule has 10 nitrogen and oxygen atoms in total. The number of ether oxygens (including phenoxy) is 1. The molecule has 8 aromatic rings. The molecule has 0 saturated carbocycles. The summed E-state index contributed by atoms with van der Waals surface area (Å²) in [7, 11) is 1.67. The van der Waals surface area contributed by atoms with E-state index in [0.717, 1.165) is 44.5 Å². The summed E-state index contributed by atoms with van der Waals surface area (Å²) < 4.78 is 36.7. The van der Waals surface area contributed by atoms with Gasteiger partial charge in [0.15, 0.2) is 11.6 Å². The largest absolute Gasteiger partial charge is 0.392 e. The summed E-state index contributed by atoms with van der Waals surface area (Å²) in [5, 5.41) is 33.5. The highest BCUT2D eigenvalue weighted by Gasteiger charge is 2.20. The molecule has 0 fully saturated rings. The average Bonchev–Trinajstić information content (AvgIpc) is 3.90. The van der Waals surface area contributed by atoms with E-state index in [1.54, 1.807) is 43.5 Å². The Morgan fingerprint density at radius 1 is 0.491 bits per heavy atom. The van der Waals surface area contributed by atoms with Gasteiger partial charge in [-0.2, -0.15) is 9.36 Å². The fraction of sp³-hybridized carbons (Fsp3) is 0.0732. The Balaban J connectivity index is 0.000000164. The summed E-state index contributed by atoms with van der Waals surface area (Å²) in [4.78, 5) is 0. The molecule has 0 aliphatic carbocycles. The van der Waals surface area contributed by atoms with Crippen LogP contribution in [-0.4, -0.2) is 52.6 Å². The number of rotatable bonds is 9. The van der Waals surface area contributed by atoms with E-state index >= 15 is 0 Å². The van der Waals surface area contributed by atoms with Crippen molar-refractivity contribution in [3.8, 4) is 56.4 Å². The highest BCUT2D eigenvalue weighted by molar-refractivity contribution is 5.83. The van der Waals surface area contributed by atoms with Crippen LogP contribution in [0.15, 0.2) is 146 Å². The Bertz CT molecular complexity index is 2480. The van der Waals surface area contributed by atoms with Crippen molar-refractivity contribution >= 4 is 0 Å². The van der Waals surface area contributed by atoms with Crippen molar-refractivity contribution in [1.82, 2.24) is 40.4 Å². The monoisotopic (exact) mass is 706 g/mol. The quantitative estimate of drug-likeness (QED) is 0.161. The van der Waals surface area contributed by atoms with Crippen LogP contribution in [0.4, 0.5) is 8.78 Å². The van der Waals surface area contributed by atoms with Gasteiger partial charge in [-0.1, -0.05) is 121 Å². The topological polar surface area (TPSA) is 117 Å². The minimum Gasteiger partial charge on any atom is -0.392 e. The number of aliphatic hydroxyl groups excluding tert-OH is 1. The van der Waals surface area contributed by atoms with Gasteiger partial charge in [0, 0.05) is 18.2 Å². The summed E-state index contributed by atoms with van der Waals surface area (Å²) in [5.41, 5.74) is 7.72. The Hall–Kier alpha value is -6.76. The van der Waals surface area contributed by atoms with Crippen LogP contribution in [0.25, 0.3) is 56.4 Å². The van der Waals surface area contributed by atoms with Gasteiger partial charge in [0.1, 0.15) is 23.0 Å². The lowest BCUT2D eigenvalue weighted by Gasteiger charge is -2.13. The first-order valence-electron chi connectivity index (χ1n) is 16.6. The molecule has 53 heavy (non-hydrogen) atoms. The second-order valence-electron chi connectivity index (χ2n) is 11.7. The summed E-state index contributed by atoms with van der Waals surface area (Å²) >= 11 is 0. The molecule has 2 heterocycles. The van der Waals surface area contributed by atoms with Gasteiger partial charge in [0.25, 0.3) is 0 Å². The molecular weight excluding hydrogens is 675 g/mol. The van der Waals surface area contributed by atoms with Gasteiger partial charge in [-0.05, 0) is 78.5 Å². The first kappa shape index (κ1) is 34.7. The number of benzene rings is 6. The molecule has 262 valence electrons. The van der Waals surface area contributed by atoms with E-state index in [0.29, 0.717) is 23.9 Å². The average molecular weight is 707 g/mol. The number of hydrogen-bond donors (Lipinski definition) is 1. The van der Waals surface area contributed by atoms with Crippen molar-refractivity contribution in [2.75, 3.05) is 7.11 Å². The van der Waals surface area contributed by atoms with Crippen LogP contribution in [0.3, 0.4) is 0 Å². The van der Waals surface area contributed by atoms with Crippen molar-refractivity contribution in [2.24, 2.45) is 0 Å². The molecule has 0 unspecified atom stereocenters. The lowest BCUT2D eigenvalue weighted by molar-refractivity contribution is 0.185. The fourth-order valence-corrected chi connectivity index (χ4v) is 6.09. The number of nitrogens with zero attached hydrogens (tertiary/aromatic N) is 8. The maximum Gasteiger partial charge on any atom is 0.187 e. The zero-order valence-electron chi connectivity index (χ0n) is 28.5. The second-order valence-corrected chi connectivity index (χ2v) is 11.7. The van der Waals surface area contributed by atoms with Crippen LogP contribution in [-0.2, 0) is 18.0 Å². The standard InChI is InChI=1S/C21H17FN4O.C20H15FN4O/c1-27-14-15-8-2-3-9-16(15)17-10-4-5-11-18(17)21-23-24-25-26(21)20-13-7-6-12-19(20)22;21-18-11-5-6-12-19(18)25-20(22-23-24-25)17-10-4-3-9-16(17)15-8-2-1-7-14(15)13-26/h2-13H,14H2,1H3;1-12,26H,13H2. The Labute approximate surface area is 303 Å². The van der Waals surface area contributed by atoms with Crippen LogP contribution in [0.5, 0.6) is 0 Å². The first-order chi connectivity index (χ1) is 26.1. The van der Waals surface area contributed by atoms with Gasteiger partial charge in [0.05, 0.1) is 13.2 Å². The van der Waals surface area contributed by atoms with E-state index in [4.69, 9.17) is 4.74 Å². The summed E-state index contributed by atoms with van der Waals surface area (Å²) in [6, 6.07) is 43.8. The van der Waals surface area contributed by atoms with Crippen LogP contribution in [0, 0.1) is 11.6 Å². The van der Waals surface area contributed by atoms with Gasteiger partial charge in [0.2, 0.25) is 0 Å². The summed E-state index contributed by atoms with van der Waals surface area (Å²) in [5.74, 6) is 0.110. The molecule has 0 saturated heterocycles. The molecule has 0 aliphatic rings. The van der Waals surface area contributed by atoms with Gasteiger partial charge < -0.3 is 9.84 Å². The van der Waals surface area contributed by atoms with Crippen molar-refractivity contribution in [3.63, 3.8) is 0 Å². The van der Waals surface area contributed by atoms with E-state index in [1.807, 2.05) is 97.1 Å². The van der Waals surface area contributed by atoms with Crippen LogP contribution in [0.1, 0.15) is 11.1 Å². The van der Waals surface area contributed by atoms with Crippen molar-refractivity contribution in [1.29, 1.82) is 0 Å². The number of halogens is 2. The Morgan fingerprint density at radius 2 is 0.868 bits per heavy atom. The van der Waals surface area contributed by atoms with Gasteiger partial charge >= 0.3 is 0 Å². The van der Waals surface area contributed by atoms with Crippen LogP contribution >= 0.6 is 0 Å². The van der Waals surface area contributed by atoms with E-state index in [9.17, 15) is 13.9 Å². The molecule has 1 N–H and O–H groups in total. The molecule has 12 heteroatoms. The van der Waals surface area contributed by atoms with E-state index < -0.39 is 5.82 Å². The molecule has 0 radical (unpaired) electrons. The van der Waals surface area contributed by atoms with Gasteiger partial charge in [-0.3, -0.25) is 0 Å². The molecular formula is C41H32F2N8O2. The summed E-state index contributed by atoms with van der Waals surface area (Å²) in [6.45, 7) is 0.408. The number of aromatic nitrogens is 8. The second kappa shape index (κ2) is 16.1. The minimum absolute atomic E-state index is 0.0806. The third-order valence-corrected chi connectivity index (χ3v) is 8.52. The highest BCUT2D eigenvalue weighted by Crippen LogP contribution is 2.35. The number of hydrogen-bond acceptors (Lipinski definition) is 8. The normalized spacial score (nSPS) is 10.9. The molecule has 8 rings (SSSR count). The number of tetrazole rings is 2. The zero-order valence-corrected chi connectivity index (χ0v) is 28.5. The smallest absolute Gasteiger partial charge is 0.187 e. The number of aliphatic hydroxyl groups is 1. The maximum atomic E-state index is 14.3.